The molecule has 7 heteroatoms. The van der Waals surface area contributed by atoms with Crippen LogP contribution < -0.4 is 4.90 Å². The van der Waals surface area contributed by atoms with Gasteiger partial charge in [0, 0.05) is 42.5 Å². The zero-order valence-corrected chi connectivity index (χ0v) is 13.6. The maximum Gasteiger partial charge on any atom is 0.283 e. The molecule has 0 N–H and O–H groups in total. The van der Waals surface area contributed by atoms with Crippen LogP contribution in [0.25, 0.3) is 0 Å². The first-order valence-electron chi connectivity index (χ1n) is 6.41. The highest BCUT2D eigenvalue weighted by Crippen LogP contribution is 2.23. The van der Waals surface area contributed by atoms with Crippen LogP contribution in [-0.2, 0) is 0 Å². The molecule has 2 aromatic carbocycles. The average molecular weight is 364 g/mol. The molecule has 0 spiro atoms. The number of hydrogen-bond acceptors (Lipinski definition) is 4. The third-order valence-corrected chi connectivity index (χ3v) is 3.56. The van der Waals surface area contributed by atoms with Gasteiger partial charge in [-0.25, -0.2) is 0 Å². The van der Waals surface area contributed by atoms with Crippen molar-refractivity contribution in [2.45, 2.75) is 0 Å². The summed E-state index contributed by atoms with van der Waals surface area (Å²) in [6.07, 6.45) is 1.20. The first kappa shape index (κ1) is 16.0. The van der Waals surface area contributed by atoms with Crippen molar-refractivity contribution in [3.8, 4) is 0 Å². The van der Waals surface area contributed by atoms with Crippen LogP contribution in [0, 0.1) is 15.3 Å². The SMILES string of the molecule is CN(C)c1ccc(/[N+]([O-])=C/c2ccc(Br)cc2[N+](=O)[O-])cc1. The Morgan fingerprint density at radius 1 is 1.09 bits per heavy atom. The Hall–Kier alpha value is -2.41. The van der Waals surface area contributed by atoms with Gasteiger partial charge in [-0.15, -0.1) is 0 Å². The fourth-order valence-electron chi connectivity index (χ4n) is 1.88. The van der Waals surface area contributed by atoms with Gasteiger partial charge in [-0.2, -0.15) is 4.74 Å². The molecular weight excluding hydrogens is 350 g/mol. The molecule has 0 unspecified atom stereocenters. The number of nitro benzene ring substituents is 1. The van der Waals surface area contributed by atoms with Crippen molar-refractivity contribution in [3.05, 3.63) is 67.8 Å². The van der Waals surface area contributed by atoms with Gasteiger partial charge in [0.15, 0.2) is 6.21 Å². The quantitative estimate of drug-likeness (QED) is 0.273. The maximum atomic E-state index is 12.2. The number of nitro groups is 1. The lowest BCUT2D eigenvalue weighted by molar-refractivity contribution is -0.386. The molecule has 6 nitrogen and oxygen atoms in total. The summed E-state index contributed by atoms with van der Waals surface area (Å²) in [4.78, 5) is 12.5. The lowest BCUT2D eigenvalue weighted by atomic mass is 10.2. The Kier molecular flexibility index (Phi) is 4.77. The van der Waals surface area contributed by atoms with E-state index in [-0.39, 0.29) is 11.3 Å². The third-order valence-electron chi connectivity index (χ3n) is 3.07. The van der Waals surface area contributed by atoms with Crippen LogP contribution in [0.5, 0.6) is 0 Å². The first-order chi connectivity index (χ1) is 10.4. The van der Waals surface area contributed by atoms with Gasteiger partial charge in [-0.1, -0.05) is 15.9 Å². The highest BCUT2D eigenvalue weighted by molar-refractivity contribution is 9.10. The van der Waals surface area contributed by atoms with Crippen LogP contribution in [0.2, 0.25) is 0 Å². The molecule has 0 aliphatic rings. The molecule has 114 valence electrons. The smallest absolute Gasteiger partial charge is 0.283 e. The standard InChI is InChI=1S/C15H14BrN3O3/c1-17(2)13-5-7-14(8-6-13)18(20)10-11-3-4-12(16)9-15(11)19(21)22/h3-10H,1-2H3/b18-10-. The van der Waals surface area contributed by atoms with E-state index >= 15 is 0 Å². The van der Waals surface area contributed by atoms with E-state index in [1.807, 2.05) is 31.1 Å². The monoisotopic (exact) mass is 363 g/mol. The zero-order chi connectivity index (χ0) is 16.3. The minimum atomic E-state index is -0.514. The average Bonchev–Trinajstić information content (AvgIpc) is 2.48. The molecule has 0 amide bonds. The Bertz CT molecular complexity index is 727. The molecule has 22 heavy (non-hydrogen) atoms. The second-order valence-electron chi connectivity index (χ2n) is 4.83. The molecule has 0 aromatic heterocycles. The minimum Gasteiger partial charge on any atom is -0.618 e. The summed E-state index contributed by atoms with van der Waals surface area (Å²) in [5.41, 5.74) is 1.50. The van der Waals surface area contributed by atoms with Crippen LogP contribution >= 0.6 is 15.9 Å². The Balaban J connectivity index is 2.38. The zero-order valence-electron chi connectivity index (χ0n) is 12.1. The molecule has 0 atom stereocenters. The lowest BCUT2D eigenvalue weighted by Gasteiger charge is -2.12. The van der Waals surface area contributed by atoms with Crippen molar-refractivity contribution < 1.29 is 9.66 Å². The molecule has 0 heterocycles. The van der Waals surface area contributed by atoms with E-state index in [9.17, 15) is 15.3 Å². The molecule has 0 fully saturated rings. The number of anilines is 1. The van der Waals surface area contributed by atoms with Crippen LogP contribution in [0.4, 0.5) is 17.1 Å². The van der Waals surface area contributed by atoms with Gasteiger partial charge >= 0.3 is 0 Å². The van der Waals surface area contributed by atoms with Crippen molar-refractivity contribution in [3.63, 3.8) is 0 Å². The predicted molar refractivity (Wildman–Crippen MR) is 90.0 cm³/mol. The van der Waals surface area contributed by atoms with Crippen LogP contribution in [0.3, 0.4) is 0 Å². The van der Waals surface area contributed by atoms with E-state index in [1.54, 1.807) is 18.2 Å². The van der Waals surface area contributed by atoms with Gasteiger partial charge in [-0.05, 0) is 24.3 Å². The van der Waals surface area contributed by atoms with Crippen molar-refractivity contribution in [2.24, 2.45) is 0 Å². The van der Waals surface area contributed by atoms with Gasteiger partial charge in [-0.3, -0.25) is 10.1 Å². The third kappa shape index (κ3) is 3.62. The molecule has 2 aromatic rings. The Labute approximate surface area is 136 Å². The summed E-state index contributed by atoms with van der Waals surface area (Å²) in [5, 5.41) is 23.2. The number of halogens is 1. The van der Waals surface area contributed by atoms with Gasteiger partial charge in [0.25, 0.3) is 5.69 Å². The van der Waals surface area contributed by atoms with Gasteiger partial charge in [0.1, 0.15) is 5.56 Å². The van der Waals surface area contributed by atoms with Crippen molar-refractivity contribution in [1.82, 2.24) is 0 Å². The number of nitrogens with zero attached hydrogens (tertiary/aromatic N) is 3. The summed E-state index contributed by atoms with van der Waals surface area (Å²) in [6.45, 7) is 0. The van der Waals surface area contributed by atoms with E-state index in [2.05, 4.69) is 15.9 Å². The Morgan fingerprint density at radius 3 is 2.27 bits per heavy atom. The maximum absolute atomic E-state index is 12.2. The van der Waals surface area contributed by atoms with E-state index in [0.717, 1.165) is 5.69 Å². The normalized spacial score (nSPS) is 11.3. The summed E-state index contributed by atoms with van der Waals surface area (Å²) < 4.78 is 1.21. The summed E-state index contributed by atoms with van der Waals surface area (Å²) in [5.74, 6) is 0. The molecule has 0 radical (unpaired) electrons. The second kappa shape index (κ2) is 6.57. The van der Waals surface area contributed by atoms with Crippen LogP contribution in [0.15, 0.2) is 46.9 Å². The van der Waals surface area contributed by atoms with Gasteiger partial charge in [0.2, 0.25) is 5.69 Å². The number of benzene rings is 2. The van der Waals surface area contributed by atoms with E-state index in [0.29, 0.717) is 14.9 Å². The largest absolute Gasteiger partial charge is 0.618 e. The lowest BCUT2D eigenvalue weighted by Crippen LogP contribution is -2.08. The van der Waals surface area contributed by atoms with Crippen LogP contribution in [0.1, 0.15) is 5.56 Å². The number of hydrogen-bond donors (Lipinski definition) is 0. The fraction of sp³-hybridized carbons (Fsp3) is 0.133. The minimum absolute atomic E-state index is 0.125. The predicted octanol–water partition coefficient (Wildman–Crippen LogP) is 3.68. The van der Waals surface area contributed by atoms with E-state index in [1.165, 1.54) is 18.3 Å². The molecular formula is C15H14BrN3O3. The first-order valence-corrected chi connectivity index (χ1v) is 7.20. The number of rotatable bonds is 4. The van der Waals surface area contributed by atoms with E-state index in [4.69, 9.17) is 0 Å². The molecule has 0 saturated heterocycles. The van der Waals surface area contributed by atoms with Gasteiger partial charge in [0.05, 0.1) is 4.92 Å². The summed E-state index contributed by atoms with van der Waals surface area (Å²) >= 11 is 3.18. The molecule has 0 aliphatic heterocycles. The highest BCUT2D eigenvalue weighted by Gasteiger charge is 2.15. The molecule has 0 bridgehead atoms. The Morgan fingerprint density at radius 2 is 1.73 bits per heavy atom. The molecule has 2 rings (SSSR count). The molecule has 0 saturated carbocycles. The highest BCUT2D eigenvalue weighted by atomic mass is 79.9. The van der Waals surface area contributed by atoms with Crippen LogP contribution in [-0.4, -0.2) is 30.0 Å². The van der Waals surface area contributed by atoms with Crippen molar-refractivity contribution in [1.29, 1.82) is 0 Å². The fourth-order valence-corrected chi connectivity index (χ4v) is 2.23. The summed E-state index contributed by atoms with van der Waals surface area (Å²) in [7, 11) is 3.81. The van der Waals surface area contributed by atoms with Gasteiger partial charge < -0.3 is 10.1 Å². The van der Waals surface area contributed by atoms with Crippen molar-refractivity contribution >= 4 is 39.2 Å². The molecule has 0 aliphatic carbocycles. The summed E-state index contributed by atoms with van der Waals surface area (Å²) in [6, 6.07) is 11.5. The van der Waals surface area contributed by atoms with E-state index < -0.39 is 4.92 Å². The topological polar surface area (TPSA) is 72.5 Å². The van der Waals surface area contributed by atoms with Crippen molar-refractivity contribution in [2.75, 3.05) is 19.0 Å². The second-order valence-corrected chi connectivity index (χ2v) is 5.74.